The van der Waals surface area contributed by atoms with Crippen LogP contribution in [0.15, 0.2) is 32.5 Å². The van der Waals surface area contributed by atoms with Crippen LogP contribution in [0.25, 0.3) is 0 Å². The number of aryl methyl sites for hydroxylation is 1. The minimum Gasteiger partial charge on any atom is -0.130 e. The second-order valence-corrected chi connectivity index (χ2v) is 7.86. The zero-order chi connectivity index (χ0) is 12.6. The van der Waals surface area contributed by atoms with Crippen molar-refractivity contribution in [3.63, 3.8) is 0 Å². The number of hydrogen-bond donors (Lipinski definition) is 0. The summed E-state index contributed by atoms with van der Waals surface area (Å²) in [5.41, 5.74) is 2.26. The van der Waals surface area contributed by atoms with Crippen molar-refractivity contribution >= 4 is 66.4 Å². The van der Waals surface area contributed by atoms with Crippen LogP contribution >= 0.6 is 66.4 Å². The molecule has 0 nitrogen and oxygen atoms in total. The highest BCUT2D eigenvalue weighted by atomic mass is 79.9. The van der Waals surface area contributed by atoms with Gasteiger partial charge in [-0.2, -0.15) is 0 Å². The molecule has 90 valence electrons. The van der Waals surface area contributed by atoms with Crippen LogP contribution in [0.1, 0.15) is 21.4 Å². The van der Waals surface area contributed by atoms with E-state index in [1.165, 1.54) is 5.56 Å². The molecule has 0 spiro atoms. The molecule has 1 unspecified atom stereocenters. The van der Waals surface area contributed by atoms with Gasteiger partial charge in [0, 0.05) is 9.35 Å². The summed E-state index contributed by atoms with van der Waals surface area (Å²) in [6.07, 6.45) is 0. The summed E-state index contributed by atoms with van der Waals surface area (Å²) >= 11 is 20.9. The molecule has 17 heavy (non-hydrogen) atoms. The van der Waals surface area contributed by atoms with E-state index in [1.807, 2.05) is 12.1 Å². The Morgan fingerprint density at radius 3 is 2.41 bits per heavy atom. The van der Waals surface area contributed by atoms with E-state index >= 15 is 0 Å². The summed E-state index contributed by atoms with van der Waals surface area (Å²) in [7, 11) is 0. The van der Waals surface area contributed by atoms with Gasteiger partial charge in [-0.25, -0.2) is 0 Å². The van der Waals surface area contributed by atoms with E-state index in [4.69, 9.17) is 23.2 Å². The average molecular weight is 415 g/mol. The fourth-order valence-electron chi connectivity index (χ4n) is 1.56. The smallest absolute Gasteiger partial charge is 0.0929 e. The molecule has 1 atom stereocenters. The summed E-state index contributed by atoms with van der Waals surface area (Å²) in [6.45, 7) is 2.05. The number of halogens is 4. The molecule has 0 saturated heterocycles. The van der Waals surface area contributed by atoms with Crippen molar-refractivity contribution in [2.45, 2.75) is 12.3 Å². The van der Waals surface area contributed by atoms with Crippen LogP contribution in [0.3, 0.4) is 0 Å². The molecule has 1 aromatic heterocycles. The van der Waals surface area contributed by atoms with Gasteiger partial charge < -0.3 is 0 Å². The van der Waals surface area contributed by atoms with Crippen LogP contribution in [0, 0.1) is 6.92 Å². The first kappa shape index (κ1) is 13.9. The molecule has 0 bridgehead atoms. The highest BCUT2D eigenvalue weighted by molar-refractivity contribution is 9.11. The molecule has 0 aliphatic rings. The lowest BCUT2D eigenvalue weighted by Gasteiger charge is -2.09. The van der Waals surface area contributed by atoms with Gasteiger partial charge in [-0.15, -0.1) is 22.9 Å². The fourth-order valence-corrected chi connectivity index (χ4v) is 4.26. The van der Waals surface area contributed by atoms with Crippen LogP contribution in [0.5, 0.6) is 0 Å². The van der Waals surface area contributed by atoms with E-state index in [0.29, 0.717) is 5.02 Å². The monoisotopic (exact) mass is 412 g/mol. The van der Waals surface area contributed by atoms with Gasteiger partial charge in [-0.05, 0) is 52.2 Å². The molecular formula is C12H8Br2Cl2S. The molecule has 0 saturated carbocycles. The molecule has 0 amide bonds. The average Bonchev–Trinajstić information content (AvgIpc) is 2.57. The van der Waals surface area contributed by atoms with Gasteiger partial charge in [0.1, 0.15) is 0 Å². The normalized spacial score (nSPS) is 12.8. The molecule has 1 heterocycles. The first-order valence-electron chi connectivity index (χ1n) is 4.83. The van der Waals surface area contributed by atoms with E-state index in [2.05, 4.69) is 50.9 Å². The van der Waals surface area contributed by atoms with Crippen molar-refractivity contribution in [2.75, 3.05) is 0 Å². The van der Waals surface area contributed by atoms with E-state index in [1.54, 1.807) is 11.3 Å². The van der Waals surface area contributed by atoms with Crippen molar-refractivity contribution in [1.29, 1.82) is 0 Å². The number of alkyl halides is 1. The standard InChI is InChI=1S/C12H8Br2Cl2S/c1-6-2-7(4-8(13)3-6)11(16)10-5-9(15)12(14)17-10/h2-5,11H,1H3. The Labute approximate surface area is 131 Å². The minimum absolute atomic E-state index is 0.167. The van der Waals surface area contributed by atoms with E-state index in [0.717, 1.165) is 18.7 Å². The Balaban J connectivity index is 2.39. The largest absolute Gasteiger partial charge is 0.130 e. The Bertz CT molecular complexity index is 512. The third-order valence-corrected chi connectivity index (χ3v) is 5.88. The third kappa shape index (κ3) is 3.27. The number of rotatable bonds is 2. The van der Waals surface area contributed by atoms with Gasteiger partial charge in [0.2, 0.25) is 0 Å². The van der Waals surface area contributed by atoms with Gasteiger partial charge in [-0.1, -0.05) is 33.6 Å². The zero-order valence-corrected chi connectivity index (χ0v) is 14.3. The van der Waals surface area contributed by atoms with Gasteiger partial charge in [0.05, 0.1) is 14.2 Å². The van der Waals surface area contributed by atoms with E-state index in [-0.39, 0.29) is 5.38 Å². The molecule has 0 N–H and O–H groups in total. The Morgan fingerprint density at radius 1 is 1.18 bits per heavy atom. The Morgan fingerprint density at radius 2 is 1.88 bits per heavy atom. The van der Waals surface area contributed by atoms with Crippen molar-refractivity contribution < 1.29 is 0 Å². The molecule has 0 aliphatic heterocycles. The molecule has 0 aliphatic carbocycles. The first-order valence-corrected chi connectivity index (χ1v) is 8.05. The lowest BCUT2D eigenvalue weighted by molar-refractivity contribution is 1.17. The van der Waals surface area contributed by atoms with Crippen LogP contribution in [-0.4, -0.2) is 0 Å². The predicted molar refractivity (Wildman–Crippen MR) is 83.6 cm³/mol. The first-order chi connectivity index (χ1) is 7.97. The summed E-state index contributed by atoms with van der Waals surface area (Å²) in [4.78, 5) is 1.04. The van der Waals surface area contributed by atoms with Gasteiger partial charge in [-0.3, -0.25) is 0 Å². The summed E-state index contributed by atoms with van der Waals surface area (Å²) in [5, 5.41) is 0.544. The molecule has 1 aromatic carbocycles. The lowest BCUT2D eigenvalue weighted by atomic mass is 10.1. The van der Waals surface area contributed by atoms with E-state index in [9.17, 15) is 0 Å². The highest BCUT2D eigenvalue weighted by Gasteiger charge is 2.16. The third-order valence-electron chi connectivity index (χ3n) is 2.27. The predicted octanol–water partition coefficient (Wildman–Crippen LogP) is 6.56. The number of hydrogen-bond acceptors (Lipinski definition) is 1. The molecule has 5 heteroatoms. The summed E-state index contributed by atoms with van der Waals surface area (Å²) in [6, 6.07) is 8.09. The topological polar surface area (TPSA) is 0 Å². The van der Waals surface area contributed by atoms with E-state index < -0.39 is 0 Å². The van der Waals surface area contributed by atoms with Crippen molar-refractivity contribution in [3.05, 3.63) is 53.6 Å². The summed E-state index contributed by atoms with van der Waals surface area (Å²) < 4.78 is 1.96. The van der Waals surface area contributed by atoms with Crippen LogP contribution in [0.2, 0.25) is 5.02 Å². The molecular weight excluding hydrogens is 407 g/mol. The second kappa shape index (κ2) is 5.62. The highest BCUT2D eigenvalue weighted by Crippen LogP contribution is 2.40. The lowest BCUT2D eigenvalue weighted by Crippen LogP contribution is -1.91. The molecule has 2 rings (SSSR count). The Hall–Kier alpha value is 0.460. The SMILES string of the molecule is Cc1cc(Br)cc(C(Cl)c2cc(Cl)c(Br)s2)c1. The van der Waals surface area contributed by atoms with Crippen LogP contribution in [0.4, 0.5) is 0 Å². The van der Waals surface area contributed by atoms with Crippen LogP contribution in [-0.2, 0) is 0 Å². The summed E-state index contributed by atoms with van der Waals surface area (Å²) in [5.74, 6) is 0. The molecule has 0 radical (unpaired) electrons. The number of benzene rings is 1. The maximum atomic E-state index is 6.47. The molecule has 0 fully saturated rings. The zero-order valence-electron chi connectivity index (χ0n) is 8.81. The van der Waals surface area contributed by atoms with Crippen molar-refractivity contribution in [1.82, 2.24) is 0 Å². The quantitative estimate of drug-likeness (QED) is 0.488. The van der Waals surface area contributed by atoms with Gasteiger partial charge >= 0.3 is 0 Å². The minimum atomic E-state index is -0.167. The van der Waals surface area contributed by atoms with Gasteiger partial charge in [0.15, 0.2) is 0 Å². The second-order valence-electron chi connectivity index (χ2n) is 3.69. The fraction of sp³-hybridized carbons (Fsp3) is 0.167. The van der Waals surface area contributed by atoms with Crippen molar-refractivity contribution in [2.24, 2.45) is 0 Å². The molecule has 2 aromatic rings. The number of thiophene rings is 1. The maximum Gasteiger partial charge on any atom is 0.0929 e. The van der Waals surface area contributed by atoms with Crippen LogP contribution < -0.4 is 0 Å². The van der Waals surface area contributed by atoms with Crippen molar-refractivity contribution in [3.8, 4) is 0 Å². The van der Waals surface area contributed by atoms with Gasteiger partial charge in [0.25, 0.3) is 0 Å². The Kier molecular flexibility index (Phi) is 4.59. The maximum absolute atomic E-state index is 6.47.